The quantitative estimate of drug-likeness (QED) is 0.409. The van der Waals surface area contributed by atoms with Gasteiger partial charge in [-0.2, -0.15) is 0 Å². The van der Waals surface area contributed by atoms with Gasteiger partial charge >= 0.3 is 6.16 Å². The number of imide groups is 1. The molecule has 0 aromatic carbocycles. The van der Waals surface area contributed by atoms with E-state index in [1.807, 2.05) is 0 Å². The highest BCUT2D eigenvalue weighted by Gasteiger charge is 2.33. The molecule has 1 fully saturated rings. The third-order valence-corrected chi connectivity index (χ3v) is 1.54. The second kappa shape index (κ2) is 4.47. The number of nitrogens with zero attached hydrogens (tertiary/aromatic N) is 1. The number of rotatable bonds is 2. The topological polar surface area (TPSA) is 72.9 Å². The van der Waals surface area contributed by atoms with Gasteiger partial charge in [-0.3, -0.25) is 14.4 Å². The lowest BCUT2D eigenvalue weighted by molar-refractivity contribution is -0.176. The molecule has 0 aromatic heterocycles. The molecule has 78 valence electrons. The Labute approximate surface area is 88.6 Å². The van der Waals surface area contributed by atoms with Gasteiger partial charge in [0, 0.05) is 12.8 Å². The summed E-state index contributed by atoms with van der Waals surface area (Å²) in [5.41, 5.74) is 0. The highest BCUT2D eigenvalue weighted by atomic mass is 35.5. The van der Waals surface area contributed by atoms with Crippen molar-refractivity contribution in [2.45, 2.75) is 17.9 Å². The molecule has 1 heterocycles. The van der Waals surface area contributed by atoms with E-state index in [4.69, 9.17) is 23.2 Å². The number of halogens is 2. The van der Waals surface area contributed by atoms with Crippen LogP contribution in [0.3, 0.4) is 0 Å². The van der Waals surface area contributed by atoms with E-state index in [-0.39, 0.29) is 12.8 Å². The molecule has 1 rings (SSSR count). The van der Waals surface area contributed by atoms with Crippen LogP contribution in [0.15, 0.2) is 0 Å². The lowest BCUT2D eigenvalue weighted by Crippen LogP contribution is -2.32. The highest BCUT2D eigenvalue weighted by molar-refractivity contribution is 6.43. The van der Waals surface area contributed by atoms with Gasteiger partial charge in [-0.15, -0.1) is 0 Å². The predicted molar refractivity (Wildman–Crippen MR) is 44.1 cm³/mol. The summed E-state index contributed by atoms with van der Waals surface area (Å²) >= 11 is 10.2. The van der Waals surface area contributed by atoms with Crippen molar-refractivity contribution in [1.82, 2.24) is 5.06 Å². The van der Waals surface area contributed by atoms with E-state index in [2.05, 4.69) is 9.57 Å². The number of hydrogen-bond donors (Lipinski definition) is 0. The summed E-state index contributed by atoms with van der Waals surface area (Å²) < 4.78 is 4.13. The average molecular weight is 242 g/mol. The van der Waals surface area contributed by atoms with Crippen LogP contribution in [0.2, 0.25) is 0 Å². The summed E-state index contributed by atoms with van der Waals surface area (Å²) in [4.78, 5) is 36.8. The van der Waals surface area contributed by atoms with Gasteiger partial charge in [0.15, 0.2) is 0 Å². The van der Waals surface area contributed by atoms with Crippen molar-refractivity contribution in [3.8, 4) is 0 Å². The number of hydrogen-bond acceptors (Lipinski definition) is 5. The zero-order valence-corrected chi connectivity index (χ0v) is 8.25. The van der Waals surface area contributed by atoms with Crippen LogP contribution in [0.25, 0.3) is 0 Å². The molecule has 6 nitrogen and oxygen atoms in total. The maximum Gasteiger partial charge on any atom is 0.536 e. The molecule has 8 heteroatoms. The van der Waals surface area contributed by atoms with E-state index >= 15 is 0 Å². The van der Waals surface area contributed by atoms with Crippen molar-refractivity contribution in [3.05, 3.63) is 0 Å². The van der Waals surface area contributed by atoms with Crippen LogP contribution in [0.4, 0.5) is 4.79 Å². The summed E-state index contributed by atoms with van der Waals surface area (Å²) in [6.07, 6.45) is -1.28. The Balaban J connectivity index is 2.47. The normalized spacial score (nSPS) is 16.4. The Morgan fingerprint density at radius 2 is 1.79 bits per heavy atom. The van der Waals surface area contributed by atoms with Crippen LogP contribution in [0.5, 0.6) is 0 Å². The monoisotopic (exact) mass is 241 g/mol. The van der Waals surface area contributed by atoms with Crippen LogP contribution in [0.1, 0.15) is 12.8 Å². The first-order chi connectivity index (χ1) is 6.50. The highest BCUT2D eigenvalue weighted by Crippen LogP contribution is 2.13. The van der Waals surface area contributed by atoms with E-state index < -0.39 is 23.0 Å². The van der Waals surface area contributed by atoms with Crippen molar-refractivity contribution in [2.24, 2.45) is 0 Å². The van der Waals surface area contributed by atoms with Gasteiger partial charge in [-0.25, -0.2) is 4.79 Å². The molecule has 0 spiro atoms. The third-order valence-electron chi connectivity index (χ3n) is 1.36. The predicted octanol–water partition coefficient (Wildman–Crippen LogP) is 0.965. The molecular formula is C6H5Cl2NO5. The first-order valence-electron chi connectivity index (χ1n) is 3.53. The van der Waals surface area contributed by atoms with Gasteiger partial charge in [-0.1, -0.05) is 28.3 Å². The molecular weight excluding hydrogens is 237 g/mol. The number of ether oxygens (including phenoxy) is 1. The molecule has 1 saturated heterocycles. The summed E-state index contributed by atoms with van der Waals surface area (Å²) in [6.45, 7) is 0. The molecule has 1 aliphatic heterocycles. The fourth-order valence-electron chi connectivity index (χ4n) is 0.827. The Bertz CT molecular complexity index is 263. The zero-order valence-electron chi connectivity index (χ0n) is 6.74. The number of alkyl halides is 2. The Morgan fingerprint density at radius 3 is 2.21 bits per heavy atom. The number of carbonyl (C=O) groups is 3. The minimum atomic E-state index is -1.41. The number of carbonyl (C=O) groups excluding carboxylic acids is 3. The molecule has 14 heavy (non-hydrogen) atoms. The molecule has 0 N–H and O–H groups in total. The molecule has 0 aromatic rings. The molecule has 2 amide bonds. The second-order valence-electron chi connectivity index (χ2n) is 2.30. The Hall–Kier alpha value is -1.01. The minimum absolute atomic E-state index is 0.0112. The van der Waals surface area contributed by atoms with E-state index in [9.17, 15) is 14.4 Å². The molecule has 0 unspecified atom stereocenters. The van der Waals surface area contributed by atoms with Gasteiger partial charge in [0.05, 0.1) is 0 Å². The molecule has 0 atom stereocenters. The molecule has 0 aliphatic carbocycles. The summed E-state index contributed by atoms with van der Waals surface area (Å²) in [6, 6.07) is 0. The lowest BCUT2D eigenvalue weighted by atomic mass is 10.4. The molecule has 0 bridgehead atoms. The number of amides is 2. The molecule has 0 saturated carbocycles. The van der Waals surface area contributed by atoms with Crippen molar-refractivity contribution in [1.29, 1.82) is 0 Å². The summed E-state index contributed by atoms with van der Waals surface area (Å²) in [5.74, 6) is -1.21. The largest absolute Gasteiger partial charge is 0.536 e. The van der Waals surface area contributed by atoms with E-state index in [0.29, 0.717) is 5.06 Å². The van der Waals surface area contributed by atoms with Gasteiger partial charge in [0.2, 0.25) is 0 Å². The molecule has 1 aliphatic rings. The fraction of sp³-hybridized carbons (Fsp3) is 0.500. The van der Waals surface area contributed by atoms with Crippen LogP contribution in [-0.2, 0) is 19.2 Å². The van der Waals surface area contributed by atoms with Crippen molar-refractivity contribution < 1.29 is 24.0 Å². The first-order valence-corrected chi connectivity index (χ1v) is 4.40. The van der Waals surface area contributed by atoms with Crippen molar-refractivity contribution >= 4 is 41.2 Å². The SMILES string of the molecule is O=C(OC(Cl)Cl)ON1C(=O)CCC1=O. The van der Waals surface area contributed by atoms with Crippen LogP contribution in [-0.4, -0.2) is 28.1 Å². The maximum absolute atomic E-state index is 10.9. The van der Waals surface area contributed by atoms with E-state index in [1.54, 1.807) is 0 Å². The zero-order chi connectivity index (χ0) is 10.7. The summed E-state index contributed by atoms with van der Waals surface area (Å²) in [5, 5.41) is -1.08. The Kier molecular flexibility index (Phi) is 3.54. The van der Waals surface area contributed by atoms with Crippen LogP contribution < -0.4 is 0 Å². The lowest BCUT2D eigenvalue weighted by Gasteiger charge is -2.12. The van der Waals surface area contributed by atoms with Crippen molar-refractivity contribution in [3.63, 3.8) is 0 Å². The van der Waals surface area contributed by atoms with Gasteiger partial charge in [-0.05, 0) is 0 Å². The van der Waals surface area contributed by atoms with Crippen LogP contribution >= 0.6 is 23.2 Å². The second-order valence-corrected chi connectivity index (χ2v) is 3.32. The first kappa shape index (κ1) is 11.1. The van der Waals surface area contributed by atoms with Crippen molar-refractivity contribution in [2.75, 3.05) is 0 Å². The van der Waals surface area contributed by atoms with Gasteiger partial charge < -0.3 is 4.74 Å². The van der Waals surface area contributed by atoms with Crippen LogP contribution in [0, 0.1) is 0 Å². The third kappa shape index (κ3) is 2.74. The summed E-state index contributed by atoms with van der Waals surface area (Å²) in [7, 11) is 0. The van der Waals surface area contributed by atoms with E-state index in [1.165, 1.54) is 0 Å². The number of hydroxylamine groups is 2. The van der Waals surface area contributed by atoms with E-state index in [0.717, 1.165) is 0 Å². The molecule has 0 radical (unpaired) electrons. The fourth-order valence-corrected chi connectivity index (χ4v) is 0.972. The van der Waals surface area contributed by atoms with Gasteiger partial charge in [0.25, 0.3) is 16.8 Å². The smallest absolute Gasteiger partial charge is 0.398 e. The minimum Gasteiger partial charge on any atom is -0.398 e. The Morgan fingerprint density at radius 1 is 1.29 bits per heavy atom. The van der Waals surface area contributed by atoms with Gasteiger partial charge in [0.1, 0.15) is 0 Å². The average Bonchev–Trinajstić information content (AvgIpc) is 2.34. The standard InChI is InChI=1S/C6H5Cl2NO5/c7-5(8)13-6(12)14-9-3(10)1-2-4(9)11/h5H,1-2H2. The maximum atomic E-state index is 10.9.